The van der Waals surface area contributed by atoms with Crippen LogP contribution in [0, 0.1) is 11.3 Å². The number of carbonyl (C=O) groups is 1. The van der Waals surface area contributed by atoms with E-state index in [4.69, 9.17) is 5.26 Å². The fourth-order valence-electron chi connectivity index (χ4n) is 3.07. The molecule has 3 rings (SSSR count). The average Bonchev–Trinajstić information content (AvgIpc) is 2.69. The number of sulfonamides is 1. The maximum Gasteiger partial charge on any atom is 0.279 e. The summed E-state index contributed by atoms with van der Waals surface area (Å²) in [7, 11) is -3.52. The SMILES string of the molecule is N#Cc1cccc(NC(=O)C[NH+]2CCN(S(=O)(=O)c3ccc(Br)cc3)CC2)c1. The lowest BCUT2D eigenvalue weighted by Gasteiger charge is -2.31. The Bertz CT molecular complexity index is 995. The third-order valence-corrected chi connectivity index (χ3v) is 7.01. The lowest BCUT2D eigenvalue weighted by Crippen LogP contribution is -3.15. The molecule has 1 fully saturated rings. The van der Waals surface area contributed by atoms with Crippen molar-refractivity contribution in [2.75, 3.05) is 38.0 Å². The monoisotopic (exact) mass is 463 g/mol. The van der Waals surface area contributed by atoms with Crippen molar-refractivity contribution in [2.24, 2.45) is 0 Å². The highest BCUT2D eigenvalue weighted by atomic mass is 79.9. The number of rotatable bonds is 5. The number of benzene rings is 2. The van der Waals surface area contributed by atoms with Gasteiger partial charge in [0.15, 0.2) is 6.54 Å². The van der Waals surface area contributed by atoms with E-state index in [1.165, 1.54) is 4.31 Å². The van der Waals surface area contributed by atoms with E-state index in [-0.39, 0.29) is 17.3 Å². The Hall–Kier alpha value is -2.25. The Balaban J connectivity index is 1.54. The Morgan fingerprint density at radius 2 is 1.86 bits per heavy atom. The zero-order valence-electron chi connectivity index (χ0n) is 15.1. The Morgan fingerprint density at radius 3 is 2.50 bits per heavy atom. The summed E-state index contributed by atoms with van der Waals surface area (Å²) < 4.78 is 27.7. The quantitative estimate of drug-likeness (QED) is 0.686. The van der Waals surface area contributed by atoms with Gasteiger partial charge in [-0.15, -0.1) is 0 Å². The van der Waals surface area contributed by atoms with Crippen molar-refractivity contribution in [1.82, 2.24) is 4.31 Å². The van der Waals surface area contributed by atoms with Crippen LogP contribution in [0.3, 0.4) is 0 Å². The second-order valence-corrected chi connectivity index (χ2v) is 9.38. The molecule has 0 atom stereocenters. The summed E-state index contributed by atoms with van der Waals surface area (Å²) in [5.41, 5.74) is 1.07. The zero-order valence-corrected chi connectivity index (χ0v) is 17.5. The summed E-state index contributed by atoms with van der Waals surface area (Å²) in [6, 6.07) is 15.4. The lowest BCUT2D eigenvalue weighted by atomic mass is 10.2. The molecule has 0 saturated carbocycles. The molecule has 1 amide bonds. The van der Waals surface area contributed by atoms with Gasteiger partial charge in [0.2, 0.25) is 10.0 Å². The molecule has 0 bridgehead atoms. The van der Waals surface area contributed by atoms with E-state index in [2.05, 4.69) is 21.2 Å². The molecule has 9 heteroatoms. The molecule has 0 spiro atoms. The van der Waals surface area contributed by atoms with Crippen LogP contribution in [0.1, 0.15) is 5.56 Å². The number of nitriles is 1. The van der Waals surface area contributed by atoms with E-state index < -0.39 is 10.0 Å². The fraction of sp³-hybridized carbons (Fsp3) is 0.263. The van der Waals surface area contributed by atoms with Crippen LogP contribution < -0.4 is 10.2 Å². The highest BCUT2D eigenvalue weighted by Gasteiger charge is 2.31. The first-order valence-electron chi connectivity index (χ1n) is 8.78. The van der Waals surface area contributed by atoms with Crippen LogP contribution in [0.2, 0.25) is 0 Å². The maximum atomic E-state index is 12.7. The number of piperazine rings is 1. The van der Waals surface area contributed by atoms with Gasteiger partial charge in [-0.05, 0) is 42.5 Å². The van der Waals surface area contributed by atoms with E-state index in [0.29, 0.717) is 37.4 Å². The normalized spacial score (nSPS) is 15.7. The van der Waals surface area contributed by atoms with Gasteiger partial charge in [0, 0.05) is 10.2 Å². The van der Waals surface area contributed by atoms with E-state index in [1.807, 2.05) is 6.07 Å². The average molecular weight is 464 g/mol. The molecular weight excluding hydrogens is 444 g/mol. The number of carbonyl (C=O) groups excluding carboxylic acids is 1. The first-order chi connectivity index (χ1) is 13.4. The summed E-state index contributed by atoms with van der Waals surface area (Å²) in [6.45, 7) is 2.10. The van der Waals surface area contributed by atoms with Crippen LogP contribution in [0.5, 0.6) is 0 Å². The maximum absolute atomic E-state index is 12.7. The number of hydrogen-bond acceptors (Lipinski definition) is 4. The van der Waals surface area contributed by atoms with E-state index >= 15 is 0 Å². The number of hydrogen-bond donors (Lipinski definition) is 2. The van der Waals surface area contributed by atoms with Gasteiger partial charge in [-0.3, -0.25) is 4.79 Å². The van der Waals surface area contributed by atoms with Crippen molar-refractivity contribution in [3.05, 3.63) is 58.6 Å². The predicted molar refractivity (Wildman–Crippen MR) is 108 cm³/mol. The molecule has 28 heavy (non-hydrogen) atoms. The second kappa shape index (κ2) is 8.84. The third-order valence-electron chi connectivity index (χ3n) is 4.57. The van der Waals surface area contributed by atoms with E-state index in [0.717, 1.165) is 9.37 Å². The van der Waals surface area contributed by atoms with Crippen LogP contribution in [-0.4, -0.2) is 51.4 Å². The fourth-order valence-corrected chi connectivity index (χ4v) is 4.78. The van der Waals surface area contributed by atoms with Gasteiger partial charge in [0.25, 0.3) is 5.91 Å². The summed E-state index contributed by atoms with van der Waals surface area (Å²) in [5, 5.41) is 11.7. The molecule has 1 heterocycles. The molecule has 0 aliphatic carbocycles. The van der Waals surface area contributed by atoms with Crippen molar-refractivity contribution in [3.8, 4) is 6.07 Å². The van der Waals surface area contributed by atoms with Gasteiger partial charge >= 0.3 is 0 Å². The number of nitrogens with zero attached hydrogens (tertiary/aromatic N) is 2. The molecule has 2 aromatic carbocycles. The summed E-state index contributed by atoms with van der Waals surface area (Å²) in [6.07, 6.45) is 0. The van der Waals surface area contributed by atoms with Crippen LogP contribution in [0.4, 0.5) is 5.69 Å². The smallest absolute Gasteiger partial charge is 0.279 e. The highest BCUT2D eigenvalue weighted by Crippen LogP contribution is 2.18. The summed E-state index contributed by atoms with van der Waals surface area (Å²) in [5.74, 6) is -0.158. The number of anilines is 1. The Morgan fingerprint density at radius 1 is 1.18 bits per heavy atom. The summed E-state index contributed by atoms with van der Waals surface area (Å²) >= 11 is 3.31. The molecular formula is C19H20BrN4O3S+. The predicted octanol–water partition coefficient (Wildman–Crippen LogP) is 0.849. The van der Waals surface area contributed by atoms with Gasteiger partial charge in [0.05, 0.1) is 42.7 Å². The Labute approximate surface area is 172 Å². The number of nitrogens with one attached hydrogen (secondary N) is 2. The number of amides is 1. The molecule has 0 unspecified atom stereocenters. The number of quaternary nitrogens is 1. The molecule has 2 N–H and O–H groups in total. The number of halogens is 1. The zero-order chi connectivity index (χ0) is 20.1. The van der Waals surface area contributed by atoms with Crippen LogP contribution >= 0.6 is 15.9 Å². The van der Waals surface area contributed by atoms with E-state index in [1.54, 1.807) is 48.5 Å². The molecule has 1 saturated heterocycles. The third kappa shape index (κ3) is 4.97. The van der Waals surface area contributed by atoms with Crippen molar-refractivity contribution in [3.63, 3.8) is 0 Å². The molecule has 0 aromatic heterocycles. The first-order valence-corrected chi connectivity index (χ1v) is 11.0. The van der Waals surface area contributed by atoms with Gasteiger partial charge in [-0.25, -0.2) is 8.42 Å². The van der Waals surface area contributed by atoms with Crippen LogP contribution in [0.25, 0.3) is 0 Å². The van der Waals surface area contributed by atoms with Gasteiger partial charge in [0.1, 0.15) is 0 Å². The van der Waals surface area contributed by atoms with Crippen molar-refractivity contribution in [1.29, 1.82) is 5.26 Å². The molecule has 1 aliphatic rings. The molecule has 1 aliphatic heterocycles. The van der Waals surface area contributed by atoms with Gasteiger partial charge in [-0.2, -0.15) is 9.57 Å². The van der Waals surface area contributed by atoms with Crippen molar-refractivity contribution >= 4 is 37.5 Å². The van der Waals surface area contributed by atoms with Gasteiger partial charge in [-0.1, -0.05) is 22.0 Å². The summed E-state index contributed by atoms with van der Waals surface area (Å²) in [4.78, 5) is 13.6. The van der Waals surface area contributed by atoms with Crippen LogP contribution in [0.15, 0.2) is 57.9 Å². The van der Waals surface area contributed by atoms with E-state index in [9.17, 15) is 13.2 Å². The minimum absolute atomic E-state index is 0.158. The topological polar surface area (TPSA) is 94.7 Å². The highest BCUT2D eigenvalue weighted by molar-refractivity contribution is 9.10. The van der Waals surface area contributed by atoms with Crippen LogP contribution in [-0.2, 0) is 14.8 Å². The largest absolute Gasteiger partial charge is 0.325 e. The minimum atomic E-state index is -3.52. The lowest BCUT2D eigenvalue weighted by molar-refractivity contribution is -0.895. The molecule has 7 nitrogen and oxygen atoms in total. The molecule has 0 radical (unpaired) electrons. The standard InChI is InChI=1S/C19H19BrN4O3S/c20-16-4-6-18(7-5-16)28(26,27)24-10-8-23(9-11-24)14-19(25)22-17-3-1-2-15(12-17)13-21/h1-7,12H,8-11,14H2,(H,22,25)/p+1. The van der Waals surface area contributed by atoms with Crippen molar-refractivity contribution in [2.45, 2.75) is 4.90 Å². The van der Waals surface area contributed by atoms with Crippen molar-refractivity contribution < 1.29 is 18.1 Å². The minimum Gasteiger partial charge on any atom is -0.325 e. The Kier molecular flexibility index (Phi) is 6.46. The van der Waals surface area contributed by atoms with Gasteiger partial charge < -0.3 is 10.2 Å². The first kappa shape index (κ1) is 20.5. The molecule has 2 aromatic rings. The second-order valence-electron chi connectivity index (χ2n) is 6.53. The molecule has 146 valence electrons.